The normalized spacial score (nSPS) is 13.8. The number of aromatic nitrogens is 1. The van der Waals surface area contributed by atoms with E-state index in [1.54, 1.807) is 30.4 Å². The smallest absolute Gasteiger partial charge is 0.282 e. The van der Waals surface area contributed by atoms with Crippen LogP contribution in [-0.4, -0.2) is 38.0 Å². The fourth-order valence-electron chi connectivity index (χ4n) is 3.95. The van der Waals surface area contributed by atoms with E-state index in [1.807, 2.05) is 4.72 Å². The first-order chi connectivity index (χ1) is 16.1. The summed E-state index contributed by atoms with van der Waals surface area (Å²) in [6.45, 7) is -0.295. The Kier molecular flexibility index (Phi) is 6.09. The van der Waals surface area contributed by atoms with Crippen LogP contribution >= 0.6 is 0 Å². The molecule has 0 atom stereocenters. The molecule has 0 radical (unpaired) electrons. The third-order valence-electron chi connectivity index (χ3n) is 5.37. The van der Waals surface area contributed by atoms with Crippen LogP contribution in [0.1, 0.15) is 28.0 Å². The minimum Gasteiger partial charge on any atom is -0.497 e. The number of ether oxygens (including phenoxy) is 1. The Balaban J connectivity index is 2.08. The van der Waals surface area contributed by atoms with Crippen LogP contribution in [0.25, 0.3) is 16.5 Å². The van der Waals surface area contributed by atoms with Gasteiger partial charge in [-0.2, -0.15) is 0 Å². The van der Waals surface area contributed by atoms with E-state index in [0.717, 1.165) is 24.5 Å². The van der Waals surface area contributed by atoms with Gasteiger partial charge in [-0.3, -0.25) is 9.59 Å². The van der Waals surface area contributed by atoms with E-state index in [4.69, 9.17) is 4.74 Å². The van der Waals surface area contributed by atoms with Crippen molar-refractivity contribution < 1.29 is 31.5 Å². The number of ketones is 1. The molecule has 3 aromatic rings. The van der Waals surface area contributed by atoms with E-state index >= 15 is 0 Å². The zero-order valence-electron chi connectivity index (χ0n) is 18.3. The predicted molar refractivity (Wildman–Crippen MR) is 123 cm³/mol. The standard InChI is InChI=1S/C24H20F2N2O5S/c1-33-16-8-10-20-18(12-16)22(17-5-3-4-6-21(17)29)23(24(30)27-34(2,31)32)28(20)13-14-11-15(25)7-9-19(14)26/h3-5,7-12H,6,13H2,1-2H3,(H,27,30). The van der Waals surface area contributed by atoms with Gasteiger partial charge in [0, 0.05) is 34.0 Å². The van der Waals surface area contributed by atoms with Crippen molar-refractivity contribution in [3.63, 3.8) is 0 Å². The minimum atomic E-state index is -3.98. The number of amides is 1. The van der Waals surface area contributed by atoms with E-state index < -0.39 is 27.6 Å². The molecule has 7 nitrogen and oxygen atoms in total. The number of hydrogen-bond donors (Lipinski definition) is 1. The van der Waals surface area contributed by atoms with E-state index in [9.17, 15) is 26.8 Å². The molecular weight excluding hydrogens is 466 g/mol. The Morgan fingerprint density at radius 1 is 1.18 bits per heavy atom. The summed E-state index contributed by atoms with van der Waals surface area (Å²) in [6.07, 6.45) is 5.76. The van der Waals surface area contributed by atoms with Crippen LogP contribution in [0.2, 0.25) is 0 Å². The number of halogens is 2. The van der Waals surface area contributed by atoms with Crippen LogP contribution < -0.4 is 9.46 Å². The largest absolute Gasteiger partial charge is 0.497 e. The number of rotatable bonds is 6. The SMILES string of the molecule is COc1ccc2c(c1)c(C1=CC=CCC1=O)c(C(=O)NS(C)(=O)=O)n2Cc1cc(F)ccc1F. The van der Waals surface area contributed by atoms with Gasteiger partial charge < -0.3 is 9.30 Å². The lowest BCUT2D eigenvalue weighted by molar-refractivity contribution is -0.113. The second kappa shape index (κ2) is 8.86. The molecule has 2 aromatic carbocycles. The molecule has 1 heterocycles. The number of fused-ring (bicyclic) bond motifs is 1. The van der Waals surface area contributed by atoms with Crippen molar-refractivity contribution in [3.05, 3.63) is 83.1 Å². The van der Waals surface area contributed by atoms with Crippen molar-refractivity contribution >= 4 is 38.2 Å². The number of nitrogens with zero attached hydrogens (tertiary/aromatic N) is 1. The Labute approximate surface area is 194 Å². The zero-order chi connectivity index (χ0) is 24.6. The summed E-state index contributed by atoms with van der Waals surface area (Å²) in [4.78, 5) is 26.1. The van der Waals surface area contributed by atoms with Gasteiger partial charge in [0.05, 0.1) is 19.9 Å². The lowest BCUT2D eigenvalue weighted by Crippen LogP contribution is -2.32. The molecule has 0 spiro atoms. The molecule has 1 N–H and O–H groups in total. The van der Waals surface area contributed by atoms with Crippen molar-refractivity contribution in [2.75, 3.05) is 13.4 Å². The average molecular weight is 486 g/mol. The summed E-state index contributed by atoms with van der Waals surface area (Å²) < 4.78 is 60.8. The summed E-state index contributed by atoms with van der Waals surface area (Å²) in [5, 5.41) is 0.421. The highest BCUT2D eigenvalue weighted by Gasteiger charge is 2.30. The first-order valence-corrected chi connectivity index (χ1v) is 12.0. The van der Waals surface area contributed by atoms with Crippen molar-refractivity contribution in [2.45, 2.75) is 13.0 Å². The van der Waals surface area contributed by atoms with E-state index in [1.165, 1.54) is 17.8 Å². The van der Waals surface area contributed by atoms with Gasteiger partial charge in [-0.25, -0.2) is 21.9 Å². The van der Waals surface area contributed by atoms with Crippen molar-refractivity contribution in [3.8, 4) is 5.75 Å². The lowest BCUT2D eigenvalue weighted by Gasteiger charge is -2.14. The average Bonchev–Trinajstić information content (AvgIpc) is 3.08. The summed E-state index contributed by atoms with van der Waals surface area (Å²) in [6, 6.07) is 7.76. The number of sulfonamides is 1. The molecule has 10 heteroatoms. The third kappa shape index (κ3) is 4.49. The Hall–Kier alpha value is -3.79. The van der Waals surface area contributed by atoms with Gasteiger partial charge in [0.1, 0.15) is 23.1 Å². The molecule has 0 aliphatic heterocycles. The van der Waals surface area contributed by atoms with Crippen molar-refractivity contribution in [1.82, 2.24) is 9.29 Å². The highest BCUT2D eigenvalue weighted by molar-refractivity contribution is 7.89. The van der Waals surface area contributed by atoms with Crippen LogP contribution in [0.5, 0.6) is 5.75 Å². The quantitative estimate of drug-likeness (QED) is 0.575. The first-order valence-electron chi connectivity index (χ1n) is 10.2. The molecule has 0 bridgehead atoms. The molecular formula is C24H20F2N2O5S. The molecule has 1 aliphatic carbocycles. The maximum atomic E-state index is 14.5. The fourth-order valence-corrected chi connectivity index (χ4v) is 4.38. The highest BCUT2D eigenvalue weighted by Crippen LogP contribution is 2.37. The Morgan fingerprint density at radius 3 is 2.62 bits per heavy atom. The van der Waals surface area contributed by atoms with Gasteiger partial charge in [0.15, 0.2) is 5.78 Å². The maximum absolute atomic E-state index is 14.5. The Bertz CT molecular complexity index is 1500. The number of allylic oxidation sites excluding steroid dienone is 4. The van der Waals surface area contributed by atoms with Crippen molar-refractivity contribution in [1.29, 1.82) is 0 Å². The summed E-state index contributed by atoms with van der Waals surface area (Å²) in [5.74, 6) is -2.24. The van der Waals surface area contributed by atoms with Gasteiger partial charge in [-0.05, 0) is 36.4 Å². The number of methoxy groups -OCH3 is 1. The van der Waals surface area contributed by atoms with Gasteiger partial charge in [-0.1, -0.05) is 18.2 Å². The number of carbonyl (C=O) groups is 2. The van der Waals surface area contributed by atoms with E-state index in [2.05, 4.69) is 0 Å². The summed E-state index contributed by atoms with van der Waals surface area (Å²) in [7, 11) is -2.53. The Morgan fingerprint density at radius 2 is 1.94 bits per heavy atom. The van der Waals surface area contributed by atoms with Crippen LogP contribution in [0.15, 0.2) is 54.6 Å². The van der Waals surface area contributed by atoms with E-state index in [0.29, 0.717) is 16.7 Å². The van der Waals surface area contributed by atoms with Crippen LogP contribution in [0.3, 0.4) is 0 Å². The maximum Gasteiger partial charge on any atom is 0.282 e. The molecule has 1 amide bonds. The first kappa shape index (κ1) is 23.4. The van der Waals surface area contributed by atoms with Crippen LogP contribution in [0, 0.1) is 11.6 Å². The topological polar surface area (TPSA) is 94.5 Å². The number of benzene rings is 2. The lowest BCUT2D eigenvalue weighted by atomic mass is 9.93. The van der Waals surface area contributed by atoms with Crippen LogP contribution in [-0.2, 0) is 21.4 Å². The molecule has 0 unspecified atom stereocenters. The molecule has 176 valence electrons. The van der Waals surface area contributed by atoms with E-state index in [-0.39, 0.29) is 41.1 Å². The third-order valence-corrected chi connectivity index (χ3v) is 5.93. The molecule has 1 aliphatic rings. The molecule has 0 saturated carbocycles. The van der Waals surface area contributed by atoms with Gasteiger partial charge in [-0.15, -0.1) is 0 Å². The molecule has 0 saturated heterocycles. The number of hydrogen-bond acceptors (Lipinski definition) is 5. The number of Topliss-reactive ketones (excluding diaryl/α,β-unsaturated/α-hetero) is 1. The number of carbonyl (C=O) groups excluding carboxylic acids is 2. The fraction of sp³-hybridized carbons (Fsp3) is 0.167. The van der Waals surface area contributed by atoms with Gasteiger partial charge in [0.25, 0.3) is 5.91 Å². The molecule has 4 rings (SSSR count). The van der Waals surface area contributed by atoms with Gasteiger partial charge in [0.2, 0.25) is 10.0 Å². The van der Waals surface area contributed by atoms with Crippen LogP contribution in [0.4, 0.5) is 8.78 Å². The molecule has 0 fully saturated rings. The van der Waals surface area contributed by atoms with Gasteiger partial charge >= 0.3 is 0 Å². The second-order valence-corrected chi connectivity index (χ2v) is 9.52. The highest BCUT2D eigenvalue weighted by atomic mass is 32.2. The van der Waals surface area contributed by atoms with Crippen molar-refractivity contribution in [2.24, 2.45) is 0 Å². The predicted octanol–water partition coefficient (Wildman–Crippen LogP) is 3.58. The minimum absolute atomic E-state index is 0.0588. The monoisotopic (exact) mass is 486 g/mol. The zero-order valence-corrected chi connectivity index (χ0v) is 19.1. The second-order valence-electron chi connectivity index (χ2n) is 7.77. The molecule has 34 heavy (non-hydrogen) atoms. The molecule has 1 aromatic heterocycles. The number of nitrogens with one attached hydrogen (secondary N) is 1. The summed E-state index contributed by atoms with van der Waals surface area (Å²) in [5.41, 5.74) is 0.546. The summed E-state index contributed by atoms with van der Waals surface area (Å²) >= 11 is 0.